The van der Waals surface area contributed by atoms with E-state index in [0.29, 0.717) is 18.1 Å². The van der Waals surface area contributed by atoms with Crippen LogP contribution in [-0.4, -0.2) is 37.3 Å². The Morgan fingerprint density at radius 1 is 1.38 bits per heavy atom. The third-order valence-corrected chi connectivity index (χ3v) is 5.26. The van der Waals surface area contributed by atoms with Gasteiger partial charge in [0.05, 0.1) is 22.1 Å². The normalized spacial score (nSPS) is 14.1. The van der Waals surface area contributed by atoms with Crippen molar-refractivity contribution in [3.05, 3.63) is 33.4 Å². The van der Waals surface area contributed by atoms with Gasteiger partial charge in [-0.25, -0.2) is 0 Å². The van der Waals surface area contributed by atoms with E-state index in [4.69, 9.17) is 11.6 Å². The van der Waals surface area contributed by atoms with Crippen molar-refractivity contribution in [3.63, 3.8) is 0 Å². The number of amides is 1. The maximum absolute atomic E-state index is 12.7. The third kappa shape index (κ3) is 3.20. The zero-order chi connectivity index (χ0) is 17.3. The number of fused-ring (bicyclic) bond motifs is 1. The lowest BCUT2D eigenvalue weighted by Crippen LogP contribution is -2.38. The number of aromatic amines is 1. The van der Waals surface area contributed by atoms with Crippen LogP contribution in [0.1, 0.15) is 48.1 Å². The standard InChI is InChI=1S/C17H24ClN5O/c1-4-5-6-14-13-9-22(8-7-15(13)20-19-14)16(24)10-23-12(3)17(18)11(2)21-23/h4-10H2,1-3H3,(H,19,20). The molecule has 1 aliphatic heterocycles. The molecule has 1 amide bonds. The van der Waals surface area contributed by atoms with Crippen molar-refractivity contribution < 1.29 is 4.79 Å². The second-order valence-electron chi connectivity index (χ2n) is 6.44. The van der Waals surface area contributed by atoms with Crippen LogP contribution in [0.2, 0.25) is 5.02 Å². The van der Waals surface area contributed by atoms with Gasteiger partial charge in [-0.05, 0) is 26.7 Å². The summed E-state index contributed by atoms with van der Waals surface area (Å²) >= 11 is 6.17. The number of halogens is 1. The molecule has 0 spiro atoms. The Kier molecular flexibility index (Phi) is 4.94. The highest BCUT2D eigenvalue weighted by Crippen LogP contribution is 2.23. The minimum atomic E-state index is 0.0746. The van der Waals surface area contributed by atoms with E-state index in [1.165, 1.54) is 11.3 Å². The fourth-order valence-electron chi connectivity index (χ4n) is 3.18. The molecule has 0 atom stereocenters. The molecule has 3 heterocycles. The van der Waals surface area contributed by atoms with E-state index in [1.54, 1.807) is 4.68 Å². The van der Waals surface area contributed by atoms with Crippen LogP contribution in [0, 0.1) is 13.8 Å². The predicted octanol–water partition coefficient (Wildman–Crippen LogP) is 2.80. The lowest BCUT2D eigenvalue weighted by molar-refractivity contribution is -0.133. The molecule has 0 saturated heterocycles. The first kappa shape index (κ1) is 17.0. The molecule has 1 aliphatic rings. The van der Waals surface area contributed by atoms with Crippen LogP contribution >= 0.6 is 11.6 Å². The van der Waals surface area contributed by atoms with Gasteiger partial charge in [-0.2, -0.15) is 10.2 Å². The molecule has 6 nitrogen and oxygen atoms in total. The van der Waals surface area contributed by atoms with E-state index in [2.05, 4.69) is 22.2 Å². The van der Waals surface area contributed by atoms with E-state index in [0.717, 1.165) is 42.8 Å². The maximum atomic E-state index is 12.7. The molecule has 130 valence electrons. The van der Waals surface area contributed by atoms with Gasteiger partial charge in [-0.1, -0.05) is 24.9 Å². The van der Waals surface area contributed by atoms with Crippen molar-refractivity contribution >= 4 is 17.5 Å². The summed E-state index contributed by atoms with van der Waals surface area (Å²) in [5, 5.41) is 12.6. The van der Waals surface area contributed by atoms with Gasteiger partial charge < -0.3 is 4.90 Å². The number of carbonyl (C=O) groups excluding carboxylic acids is 1. The highest BCUT2D eigenvalue weighted by molar-refractivity contribution is 6.31. The zero-order valence-corrected chi connectivity index (χ0v) is 15.3. The summed E-state index contributed by atoms with van der Waals surface area (Å²) in [4.78, 5) is 14.6. The average molecular weight is 350 g/mol. The lowest BCUT2D eigenvalue weighted by atomic mass is 10.0. The Labute approximate surface area is 147 Å². The zero-order valence-electron chi connectivity index (χ0n) is 14.5. The molecule has 3 rings (SSSR count). The number of nitrogens with zero attached hydrogens (tertiary/aromatic N) is 4. The Hall–Kier alpha value is -1.82. The number of H-pyrrole nitrogens is 1. The number of hydrogen-bond acceptors (Lipinski definition) is 3. The molecular weight excluding hydrogens is 326 g/mol. The van der Waals surface area contributed by atoms with Crippen LogP contribution < -0.4 is 0 Å². The monoisotopic (exact) mass is 349 g/mol. The molecule has 1 N–H and O–H groups in total. The molecule has 0 unspecified atom stereocenters. The fraction of sp³-hybridized carbons (Fsp3) is 0.588. The van der Waals surface area contributed by atoms with E-state index in [1.807, 2.05) is 18.7 Å². The molecule has 0 saturated carbocycles. The minimum Gasteiger partial charge on any atom is -0.336 e. The van der Waals surface area contributed by atoms with Crippen molar-refractivity contribution in [2.24, 2.45) is 0 Å². The summed E-state index contributed by atoms with van der Waals surface area (Å²) in [6, 6.07) is 0. The highest BCUT2D eigenvalue weighted by Gasteiger charge is 2.25. The summed E-state index contributed by atoms with van der Waals surface area (Å²) in [6.07, 6.45) is 4.06. The first-order valence-electron chi connectivity index (χ1n) is 8.53. The second-order valence-corrected chi connectivity index (χ2v) is 6.82. The van der Waals surface area contributed by atoms with Gasteiger partial charge in [-0.15, -0.1) is 0 Å². The van der Waals surface area contributed by atoms with Crippen molar-refractivity contribution in [3.8, 4) is 0 Å². The van der Waals surface area contributed by atoms with Gasteiger partial charge in [0.25, 0.3) is 0 Å². The molecular formula is C17H24ClN5O. The summed E-state index contributed by atoms with van der Waals surface area (Å²) < 4.78 is 1.70. The highest BCUT2D eigenvalue weighted by atomic mass is 35.5. The van der Waals surface area contributed by atoms with Gasteiger partial charge >= 0.3 is 0 Å². The maximum Gasteiger partial charge on any atom is 0.244 e. The summed E-state index contributed by atoms with van der Waals surface area (Å²) in [7, 11) is 0. The van der Waals surface area contributed by atoms with Crippen molar-refractivity contribution in [1.29, 1.82) is 0 Å². The Bertz CT molecular complexity index is 748. The molecule has 0 radical (unpaired) electrons. The molecule has 0 bridgehead atoms. The molecule has 24 heavy (non-hydrogen) atoms. The van der Waals surface area contributed by atoms with Crippen molar-refractivity contribution in [2.75, 3.05) is 6.54 Å². The number of nitrogens with one attached hydrogen (secondary N) is 1. The molecule has 2 aromatic rings. The SMILES string of the molecule is CCCCc1n[nH]c2c1CN(C(=O)Cn1nc(C)c(Cl)c1C)CC2. The summed E-state index contributed by atoms with van der Waals surface area (Å²) in [5.74, 6) is 0.0746. The van der Waals surface area contributed by atoms with Crippen LogP contribution in [-0.2, 0) is 30.7 Å². The van der Waals surface area contributed by atoms with Gasteiger partial charge in [0.1, 0.15) is 6.54 Å². The van der Waals surface area contributed by atoms with E-state index in [9.17, 15) is 4.79 Å². The summed E-state index contributed by atoms with van der Waals surface area (Å²) in [6.45, 7) is 7.51. The van der Waals surface area contributed by atoms with Gasteiger partial charge in [-0.3, -0.25) is 14.6 Å². The topological polar surface area (TPSA) is 66.8 Å². The Balaban J connectivity index is 1.71. The average Bonchev–Trinajstić information content (AvgIpc) is 3.09. The van der Waals surface area contributed by atoms with Crippen LogP contribution in [0.4, 0.5) is 0 Å². The van der Waals surface area contributed by atoms with Crippen molar-refractivity contribution in [1.82, 2.24) is 24.9 Å². The molecule has 0 fully saturated rings. The number of carbonyl (C=O) groups is 1. The van der Waals surface area contributed by atoms with E-state index < -0.39 is 0 Å². The lowest BCUT2D eigenvalue weighted by Gasteiger charge is -2.27. The van der Waals surface area contributed by atoms with Crippen LogP contribution in [0.3, 0.4) is 0 Å². The van der Waals surface area contributed by atoms with E-state index >= 15 is 0 Å². The van der Waals surface area contributed by atoms with Crippen molar-refractivity contribution in [2.45, 2.75) is 59.5 Å². The Morgan fingerprint density at radius 3 is 2.83 bits per heavy atom. The number of aryl methyl sites for hydroxylation is 2. The minimum absolute atomic E-state index is 0.0746. The van der Waals surface area contributed by atoms with E-state index in [-0.39, 0.29) is 12.5 Å². The number of hydrogen-bond donors (Lipinski definition) is 1. The first-order valence-corrected chi connectivity index (χ1v) is 8.91. The predicted molar refractivity (Wildman–Crippen MR) is 93.0 cm³/mol. The number of aromatic nitrogens is 4. The molecule has 2 aromatic heterocycles. The first-order chi connectivity index (χ1) is 11.5. The van der Waals surface area contributed by atoms with Crippen LogP contribution in [0.15, 0.2) is 0 Å². The van der Waals surface area contributed by atoms with Crippen LogP contribution in [0.25, 0.3) is 0 Å². The fourth-order valence-corrected chi connectivity index (χ4v) is 3.31. The summed E-state index contributed by atoms with van der Waals surface area (Å²) in [5.41, 5.74) is 5.10. The molecule has 7 heteroatoms. The molecule has 0 aromatic carbocycles. The molecule has 0 aliphatic carbocycles. The largest absolute Gasteiger partial charge is 0.336 e. The van der Waals surface area contributed by atoms with Gasteiger partial charge in [0.2, 0.25) is 5.91 Å². The third-order valence-electron chi connectivity index (χ3n) is 4.72. The Morgan fingerprint density at radius 2 is 2.17 bits per heavy atom. The van der Waals surface area contributed by atoms with Gasteiger partial charge in [0, 0.05) is 30.8 Å². The second kappa shape index (κ2) is 6.97. The number of unbranched alkanes of at least 4 members (excludes halogenated alkanes) is 1. The quantitative estimate of drug-likeness (QED) is 0.902. The van der Waals surface area contributed by atoms with Gasteiger partial charge in [0.15, 0.2) is 0 Å². The smallest absolute Gasteiger partial charge is 0.244 e. The van der Waals surface area contributed by atoms with Crippen LogP contribution in [0.5, 0.6) is 0 Å². The number of rotatable bonds is 5.